The molecule has 2 aromatic rings. The number of imide groups is 1. The number of nitrogens with one attached hydrogen (secondary N) is 1. The average molecular weight is 377 g/mol. The lowest BCUT2D eigenvalue weighted by Crippen LogP contribution is -2.45. The third-order valence-corrected chi connectivity index (χ3v) is 5.36. The van der Waals surface area contributed by atoms with Crippen LogP contribution in [0.25, 0.3) is 11.8 Å². The van der Waals surface area contributed by atoms with Gasteiger partial charge in [-0.1, -0.05) is 18.2 Å². The van der Waals surface area contributed by atoms with Crippen LogP contribution in [0.15, 0.2) is 42.5 Å². The van der Waals surface area contributed by atoms with Crippen LogP contribution in [0.4, 0.5) is 0 Å². The number of carbonyl (C=O) groups is 3. The van der Waals surface area contributed by atoms with E-state index in [1.807, 2.05) is 50.2 Å². The molecule has 0 radical (unpaired) electrons. The topological polar surface area (TPSA) is 71.4 Å². The van der Waals surface area contributed by atoms with Crippen LogP contribution >= 0.6 is 0 Å². The van der Waals surface area contributed by atoms with E-state index < -0.39 is 6.04 Å². The fraction of sp³-hybridized carbons (Fsp3) is 0.318. The number of nitrogens with zero attached hydrogens (tertiary/aromatic N) is 2. The summed E-state index contributed by atoms with van der Waals surface area (Å²) in [5.74, 6) is -0.911. The Morgan fingerprint density at radius 3 is 2.50 bits per heavy atom. The van der Waals surface area contributed by atoms with Gasteiger partial charge < -0.3 is 9.47 Å². The van der Waals surface area contributed by atoms with Gasteiger partial charge in [0, 0.05) is 29.2 Å². The van der Waals surface area contributed by atoms with E-state index in [1.165, 1.54) is 6.08 Å². The minimum Gasteiger partial charge on any atom is -0.324 e. The van der Waals surface area contributed by atoms with Gasteiger partial charge in [-0.25, -0.2) is 0 Å². The number of carbonyl (C=O) groups excluding carboxylic acids is 3. The van der Waals surface area contributed by atoms with Crippen LogP contribution in [0.3, 0.4) is 0 Å². The van der Waals surface area contributed by atoms with Gasteiger partial charge in [0.2, 0.25) is 17.7 Å². The molecule has 6 heteroatoms. The predicted octanol–water partition coefficient (Wildman–Crippen LogP) is 2.51. The molecule has 1 aromatic heterocycles. The van der Waals surface area contributed by atoms with Crippen molar-refractivity contribution in [3.8, 4) is 5.69 Å². The van der Waals surface area contributed by atoms with Crippen molar-refractivity contribution in [1.29, 1.82) is 0 Å². The van der Waals surface area contributed by atoms with Crippen molar-refractivity contribution in [2.75, 3.05) is 0 Å². The first kappa shape index (κ1) is 18.2. The van der Waals surface area contributed by atoms with Gasteiger partial charge in [0.25, 0.3) is 0 Å². The number of amides is 3. The number of hydrogen-bond donors (Lipinski definition) is 1. The smallest absolute Gasteiger partial charge is 0.249 e. The SMILES string of the molecule is Cc1cc(/C=C/C(=O)N(C2CC2)[C@@H]2CC(=O)NC2=O)c(C)n1-c1ccccc1. The molecule has 2 aliphatic rings. The molecule has 28 heavy (non-hydrogen) atoms. The van der Waals surface area contributed by atoms with Crippen LogP contribution in [-0.4, -0.2) is 39.3 Å². The normalized spacial score (nSPS) is 19.3. The summed E-state index contributed by atoms with van der Waals surface area (Å²) in [5, 5.41) is 2.30. The summed E-state index contributed by atoms with van der Waals surface area (Å²) in [6, 6.07) is 11.5. The second kappa shape index (κ2) is 7.11. The van der Waals surface area contributed by atoms with Gasteiger partial charge in [-0.3, -0.25) is 19.7 Å². The van der Waals surface area contributed by atoms with Gasteiger partial charge in [-0.15, -0.1) is 0 Å². The molecule has 0 unspecified atom stereocenters. The van der Waals surface area contributed by atoms with Gasteiger partial charge in [0.15, 0.2) is 0 Å². The zero-order valence-corrected chi connectivity index (χ0v) is 16.0. The lowest BCUT2D eigenvalue weighted by atomic mass is 10.1. The van der Waals surface area contributed by atoms with Crippen LogP contribution in [0.2, 0.25) is 0 Å². The minimum atomic E-state index is -0.686. The number of rotatable bonds is 5. The molecule has 3 amide bonds. The van der Waals surface area contributed by atoms with E-state index in [2.05, 4.69) is 9.88 Å². The third-order valence-electron chi connectivity index (χ3n) is 5.36. The van der Waals surface area contributed by atoms with Crippen LogP contribution in [-0.2, 0) is 14.4 Å². The summed E-state index contributed by atoms with van der Waals surface area (Å²) in [6.45, 7) is 4.05. The number of hydrogen-bond acceptors (Lipinski definition) is 3. The van der Waals surface area contributed by atoms with Crippen molar-refractivity contribution in [3.05, 3.63) is 59.4 Å². The zero-order valence-electron chi connectivity index (χ0n) is 16.0. The molecule has 2 heterocycles. The first-order valence-corrected chi connectivity index (χ1v) is 9.54. The largest absolute Gasteiger partial charge is 0.324 e. The fourth-order valence-electron chi connectivity index (χ4n) is 3.88. The Morgan fingerprint density at radius 1 is 1.18 bits per heavy atom. The first-order valence-electron chi connectivity index (χ1n) is 9.54. The Bertz CT molecular complexity index is 970. The van der Waals surface area contributed by atoms with Crippen LogP contribution < -0.4 is 5.32 Å². The van der Waals surface area contributed by atoms with E-state index in [4.69, 9.17) is 0 Å². The van der Waals surface area contributed by atoms with Crippen molar-refractivity contribution in [3.63, 3.8) is 0 Å². The first-order chi connectivity index (χ1) is 13.5. The lowest BCUT2D eigenvalue weighted by Gasteiger charge is -2.25. The van der Waals surface area contributed by atoms with Crippen LogP contribution in [0.5, 0.6) is 0 Å². The maximum Gasteiger partial charge on any atom is 0.249 e. The Labute approximate surface area is 163 Å². The summed E-state index contributed by atoms with van der Waals surface area (Å²) in [5.41, 5.74) is 4.15. The highest BCUT2D eigenvalue weighted by Gasteiger charge is 2.43. The van der Waals surface area contributed by atoms with E-state index in [9.17, 15) is 14.4 Å². The lowest BCUT2D eigenvalue weighted by molar-refractivity contribution is -0.135. The van der Waals surface area contributed by atoms with Gasteiger partial charge in [0.05, 0.1) is 6.42 Å². The van der Waals surface area contributed by atoms with Crippen molar-refractivity contribution in [1.82, 2.24) is 14.8 Å². The summed E-state index contributed by atoms with van der Waals surface area (Å²) in [6.07, 6.45) is 5.12. The predicted molar refractivity (Wildman–Crippen MR) is 106 cm³/mol. The van der Waals surface area contributed by atoms with E-state index >= 15 is 0 Å². The average Bonchev–Trinajstić information content (AvgIpc) is 3.38. The number of para-hydroxylation sites is 1. The molecule has 1 aromatic carbocycles. The highest BCUT2D eigenvalue weighted by Crippen LogP contribution is 2.31. The third kappa shape index (κ3) is 3.38. The molecule has 0 bridgehead atoms. The molecule has 1 aliphatic heterocycles. The monoisotopic (exact) mass is 377 g/mol. The molecular weight excluding hydrogens is 354 g/mol. The van der Waals surface area contributed by atoms with Crippen LogP contribution in [0, 0.1) is 13.8 Å². The summed E-state index contributed by atoms with van der Waals surface area (Å²) < 4.78 is 2.14. The maximum absolute atomic E-state index is 12.9. The highest BCUT2D eigenvalue weighted by atomic mass is 16.2. The van der Waals surface area contributed by atoms with Gasteiger partial charge in [-0.2, -0.15) is 0 Å². The molecule has 6 nitrogen and oxygen atoms in total. The van der Waals surface area contributed by atoms with E-state index in [1.54, 1.807) is 11.0 Å². The molecule has 144 valence electrons. The number of aryl methyl sites for hydroxylation is 1. The van der Waals surface area contributed by atoms with Crippen LogP contribution in [0.1, 0.15) is 36.2 Å². The molecule has 1 N–H and O–H groups in total. The molecule has 1 saturated heterocycles. The van der Waals surface area contributed by atoms with Crippen molar-refractivity contribution in [2.45, 2.75) is 45.2 Å². The minimum absolute atomic E-state index is 0.0514. The Balaban J connectivity index is 1.58. The summed E-state index contributed by atoms with van der Waals surface area (Å²) >= 11 is 0. The molecule has 1 aliphatic carbocycles. The second-order valence-electron chi connectivity index (χ2n) is 7.44. The Kier molecular flexibility index (Phi) is 4.63. The number of benzene rings is 1. The maximum atomic E-state index is 12.9. The molecule has 1 saturated carbocycles. The van der Waals surface area contributed by atoms with Gasteiger partial charge >= 0.3 is 0 Å². The molecular formula is C22H23N3O3. The Hall–Kier alpha value is -3.15. The molecule has 0 spiro atoms. The highest BCUT2D eigenvalue weighted by molar-refractivity contribution is 6.08. The van der Waals surface area contributed by atoms with Gasteiger partial charge in [0.1, 0.15) is 6.04 Å². The molecule has 2 fully saturated rings. The molecule has 4 rings (SSSR count). The second-order valence-corrected chi connectivity index (χ2v) is 7.44. The fourth-order valence-corrected chi connectivity index (χ4v) is 3.88. The Morgan fingerprint density at radius 2 is 1.89 bits per heavy atom. The zero-order chi connectivity index (χ0) is 19.8. The summed E-state index contributed by atoms with van der Waals surface area (Å²) in [7, 11) is 0. The van der Waals surface area contributed by atoms with Crippen molar-refractivity contribution >= 4 is 23.8 Å². The summed E-state index contributed by atoms with van der Waals surface area (Å²) in [4.78, 5) is 38.0. The number of aromatic nitrogens is 1. The van der Waals surface area contributed by atoms with E-state index in [0.29, 0.717) is 0 Å². The van der Waals surface area contributed by atoms with Crippen molar-refractivity contribution in [2.24, 2.45) is 0 Å². The van der Waals surface area contributed by atoms with E-state index in [0.717, 1.165) is 35.5 Å². The van der Waals surface area contributed by atoms with Gasteiger partial charge in [-0.05, 0) is 56.5 Å². The standard InChI is InChI=1S/C22H23N3O3/c1-14-12-16(15(2)24(14)17-6-4-3-5-7-17)8-11-21(27)25(18-9-10-18)19-13-20(26)23-22(19)28/h3-8,11-12,18-19H,9-10,13H2,1-2H3,(H,23,26,28)/b11-8+/t19-/m1/s1. The van der Waals surface area contributed by atoms with E-state index in [-0.39, 0.29) is 30.2 Å². The van der Waals surface area contributed by atoms with Crippen molar-refractivity contribution < 1.29 is 14.4 Å². The molecule has 1 atom stereocenters. The quantitative estimate of drug-likeness (QED) is 0.643.